The van der Waals surface area contributed by atoms with Gasteiger partial charge in [-0.3, -0.25) is 14.7 Å². The van der Waals surface area contributed by atoms with Crippen LogP contribution >= 0.6 is 0 Å². The quantitative estimate of drug-likeness (QED) is 0.621. The molecule has 2 saturated heterocycles. The average molecular weight is 467 g/mol. The molecule has 3 aromatic rings. The van der Waals surface area contributed by atoms with Crippen molar-refractivity contribution in [3.05, 3.63) is 89.7 Å². The van der Waals surface area contributed by atoms with Gasteiger partial charge in [0.25, 0.3) is 0 Å². The molecule has 3 atom stereocenters. The maximum atomic E-state index is 13.2. The van der Waals surface area contributed by atoms with Gasteiger partial charge in [-0.1, -0.05) is 36.4 Å². The molecule has 3 heterocycles. The largest absolute Gasteiger partial charge is 0.395 e. The third-order valence-electron chi connectivity index (χ3n) is 7.45. The molecular formula is C29H30N4O2. The van der Waals surface area contributed by atoms with Gasteiger partial charge in [-0.15, -0.1) is 0 Å². The second-order valence-electron chi connectivity index (χ2n) is 9.47. The summed E-state index contributed by atoms with van der Waals surface area (Å²) < 4.78 is 0. The number of pyridine rings is 1. The van der Waals surface area contributed by atoms with E-state index in [1.165, 1.54) is 5.56 Å². The molecule has 0 unspecified atom stereocenters. The van der Waals surface area contributed by atoms with E-state index < -0.39 is 0 Å². The molecule has 0 spiro atoms. The first-order chi connectivity index (χ1) is 17.2. The molecule has 0 radical (unpaired) electrons. The van der Waals surface area contributed by atoms with Gasteiger partial charge in [0.05, 0.1) is 24.7 Å². The summed E-state index contributed by atoms with van der Waals surface area (Å²) in [6.07, 6.45) is 5.84. The number of amides is 1. The summed E-state index contributed by atoms with van der Waals surface area (Å²) in [5, 5.41) is 19.4. The van der Waals surface area contributed by atoms with E-state index in [2.05, 4.69) is 40.2 Å². The molecule has 6 heteroatoms. The van der Waals surface area contributed by atoms with Gasteiger partial charge in [-0.2, -0.15) is 5.26 Å². The summed E-state index contributed by atoms with van der Waals surface area (Å²) in [5.74, 6) is 0.325. The fourth-order valence-electron chi connectivity index (χ4n) is 5.62. The monoisotopic (exact) mass is 466 g/mol. The van der Waals surface area contributed by atoms with Crippen molar-refractivity contribution >= 4 is 5.91 Å². The molecule has 2 fully saturated rings. The van der Waals surface area contributed by atoms with Crippen molar-refractivity contribution in [2.45, 2.75) is 37.3 Å². The molecule has 0 aliphatic carbocycles. The maximum Gasteiger partial charge on any atom is 0.227 e. The molecule has 5 rings (SSSR count). The first kappa shape index (κ1) is 23.2. The molecule has 2 aliphatic heterocycles. The smallest absolute Gasteiger partial charge is 0.227 e. The molecule has 2 aliphatic rings. The van der Waals surface area contributed by atoms with Crippen LogP contribution in [0.25, 0.3) is 11.1 Å². The van der Waals surface area contributed by atoms with Gasteiger partial charge in [-0.25, -0.2) is 0 Å². The van der Waals surface area contributed by atoms with Crippen molar-refractivity contribution in [3.8, 4) is 17.2 Å². The highest BCUT2D eigenvalue weighted by Gasteiger charge is 2.49. The fraction of sp³-hybridized carbons (Fsp3) is 0.345. The molecule has 2 aromatic carbocycles. The number of nitriles is 1. The number of hydrogen-bond donors (Lipinski definition) is 1. The summed E-state index contributed by atoms with van der Waals surface area (Å²) in [6.45, 7) is 2.52. The Labute approximate surface area is 206 Å². The molecule has 0 bridgehead atoms. The van der Waals surface area contributed by atoms with Crippen LogP contribution in [0, 0.1) is 11.3 Å². The van der Waals surface area contributed by atoms with Gasteiger partial charge in [0, 0.05) is 43.5 Å². The standard InChI is InChI=1S/C29H30N4O2/c30-18-22-4-3-5-25(16-22)23-6-8-24(9-7-23)29-26-19-32(14-1-2-15-33(26)27(29)20-34)28(35)17-21-10-12-31-13-11-21/h3-13,16,26-27,29,34H,1-2,14-15,17,19-20H2/t26-,27+,29-/m1/s1. The van der Waals surface area contributed by atoms with Crippen molar-refractivity contribution in [3.63, 3.8) is 0 Å². The maximum absolute atomic E-state index is 13.2. The summed E-state index contributed by atoms with van der Waals surface area (Å²) in [6, 6.07) is 22.4. The van der Waals surface area contributed by atoms with Crippen molar-refractivity contribution in [2.75, 3.05) is 26.2 Å². The van der Waals surface area contributed by atoms with Crippen LogP contribution in [0.15, 0.2) is 73.1 Å². The lowest BCUT2D eigenvalue weighted by molar-refractivity contribution is -0.135. The number of fused-ring (bicyclic) bond motifs is 1. The lowest BCUT2D eigenvalue weighted by Gasteiger charge is -2.57. The van der Waals surface area contributed by atoms with E-state index in [9.17, 15) is 15.2 Å². The predicted molar refractivity (Wildman–Crippen MR) is 134 cm³/mol. The highest BCUT2D eigenvalue weighted by molar-refractivity contribution is 5.78. The van der Waals surface area contributed by atoms with Crippen molar-refractivity contribution in [1.82, 2.24) is 14.8 Å². The van der Waals surface area contributed by atoms with Crippen LogP contribution in [0.2, 0.25) is 0 Å². The van der Waals surface area contributed by atoms with Gasteiger partial charge >= 0.3 is 0 Å². The highest BCUT2D eigenvalue weighted by Crippen LogP contribution is 2.42. The molecule has 1 N–H and O–H groups in total. The van der Waals surface area contributed by atoms with Crippen LogP contribution in [0.1, 0.15) is 35.4 Å². The van der Waals surface area contributed by atoms with Crippen LogP contribution in [-0.2, 0) is 11.2 Å². The van der Waals surface area contributed by atoms with E-state index in [0.717, 1.165) is 42.6 Å². The summed E-state index contributed by atoms with van der Waals surface area (Å²) in [4.78, 5) is 21.6. The van der Waals surface area contributed by atoms with Gasteiger partial charge in [0.1, 0.15) is 0 Å². The molecule has 6 nitrogen and oxygen atoms in total. The molecule has 0 saturated carbocycles. The van der Waals surface area contributed by atoms with E-state index in [-0.39, 0.29) is 30.5 Å². The Balaban J connectivity index is 1.35. The van der Waals surface area contributed by atoms with Crippen molar-refractivity contribution < 1.29 is 9.90 Å². The Kier molecular flexibility index (Phi) is 6.89. The number of aliphatic hydroxyl groups is 1. The lowest BCUT2D eigenvalue weighted by Crippen LogP contribution is -2.68. The highest BCUT2D eigenvalue weighted by atomic mass is 16.3. The molecule has 35 heavy (non-hydrogen) atoms. The fourth-order valence-corrected chi connectivity index (χ4v) is 5.62. The number of rotatable bonds is 5. The normalized spacial score (nSPS) is 22.3. The number of hydrogen-bond acceptors (Lipinski definition) is 5. The third kappa shape index (κ3) is 4.84. The SMILES string of the molecule is N#Cc1cccc(-c2ccc([C@@H]3[C@H]4CN(C(=O)Cc5ccncc5)CCCCN4[C@H]3CO)cc2)c1. The first-order valence-electron chi connectivity index (χ1n) is 12.3. The second kappa shape index (κ2) is 10.4. The molecule has 178 valence electrons. The van der Waals surface area contributed by atoms with Gasteiger partial charge in [0.15, 0.2) is 0 Å². The number of aliphatic hydroxyl groups excluding tert-OH is 1. The number of aromatic nitrogens is 1. The minimum absolute atomic E-state index is 0.0722. The van der Waals surface area contributed by atoms with Gasteiger partial charge < -0.3 is 10.0 Å². The minimum Gasteiger partial charge on any atom is -0.395 e. The van der Waals surface area contributed by atoms with Gasteiger partial charge in [-0.05, 0) is 65.9 Å². The zero-order valence-electron chi connectivity index (χ0n) is 19.8. The molecular weight excluding hydrogens is 436 g/mol. The van der Waals surface area contributed by atoms with Crippen LogP contribution in [0.3, 0.4) is 0 Å². The van der Waals surface area contributed by atoms with E-state index in [1.54, 1.807) is 12.4 Å². The minimum atomic E-state index is 0.0722. The van der Waals surface area contributed by atoms with Gasteiger partial charge in [0.2, 0.25) is 5.91 Å². The van der Waals surface area contributed by atoms with E-state index >= 15 is 0 Å². The molecule has 1 aromatic heterocycles. The Bertz CT molecular complexity index is 1210. The predicted octanol–water partition coefficient (Wildman–Crippen LogP) is 3.61. The van der Waals surface area contributed by atoms with Crippen LogP contribution in [0.4, 0.5) is 0 Å². The van der Waals surface area contributed by atoms with E-state index in [0.29, 0.717) is 18.5 Å². The molecule has 1 amide bonds. The zero-order valence-corrected chi connectivity index (χ0v) is 19.8. The Morgan fingerprint density at radius 1 is 1.03 bits per heavy atom. The topological polar surface area (TPSA) is 80.5 Å². The van der Waals surface area contributed by atoms with Crippen molar-refractivity contribution in [2.24, 2.45) is 0 Å². The summed E-state index contributed by atoms with van der Waals surface area (Å²) >= 11 is 0. The Morgan fingerprint density at radius 3 is 2.54 bits per heavy atom. The number of carbonyl (C=O) groups excluding carboxylic acids is 1. The second-order valence-corrected chi connectivity index (χ2v) is 9.47. The summed E-state index contributed by atoms with van der Waals surface area (Å²) in [7, 11) is 0. The van der Waals surface area contributed by atoms with Crippen molar-refractivity contribution in [1.29, 1.82) is 5.26 Å². The zero-order chi connectivity index (χ0) is 24.2. The lowest BCUT2D eigenvalue weighted by atomic mass is 9.74. The number of carbonyl (C=O) groups is 1. The summed E-state index contributed by atoms with van der Waals surface area (Å²) in [5.41, 5.74) is 4.90. The first-order valence-corrected chi connectivity index (χ1v) is 12.3. The number of benzene rings is 2. The Morgan fingerprint density at radius 2 is 1.80 bits per heavy atom. The van der Waals surface area contributed by atoms with E-state index in [4.69, 9.17) is 0 Å². The van der Waals surface area contributed by atoms with Crippen LogP contribution < -0.4 is 0 Å². The van der Waals surface area contributed by atoms with Crippen LogP contribution in [0.5, 0.6) is 0 Å². The average Bonchev–Trinajstić information content (AvgIpc) is 2.88. The van der Waals surface area contributed by atoms with E-state index in [1.807, 2.05) is 41.3 Å². The Hall–Kier alpha value is -3.53. The van der Waals surface area contributed by atoms with Crippen LogP contribution in [-0.4, -0.2) is 64.1 Å². The number of nitrogens with zero attached hydrogens (tertiary/aromatic N) is 4. The third-order valence-corrected chi connectivity index (χ3v) is 7.45.